The zero-order valence-electron chi connectivity index (χ0n) is 7.66. The Morgan fingerprint density at radius 3 is 2.58 bits per heavy atom. The summed E-state index contributed by atoms with van der Waals surface area (Å²) < 4.78 is 0. The normalized spacial score (nSPS) is 11.8. The minimum absolute atomic E-state index is 1.10. The standard InChI is InChI=1S/C10H13NS/c1-8-6-4-5-7-10(8)12-9(2)11-3/h4-7H,1-3H3. The summed E-state index contributed by atoms with van der Waals surface area (Å²) in [6, 6.07) is 8.34. The molecule has 0 bridgehead atoms. The quantitative estimate of drug-likeness (QED) is 0.366. The molecule has 0 aliphatic rings. The topological polar surface area (TPSA) is 12.4 Å². The van der Waals surface area contributed by atoms with Gasteiger partial charge in [0.05, 0.1) is 5.04 Å². The molecule has 0 N–H and O–H groups in total. The lowest BCUT2D eigenvalue weighted by molar-refractivity contribution is 1.31. The van der Waals surface area contributed by atoms with Crippen molar-refractivity contribution in [2.24, 2.45) is 4.99 Å². The van der Waals surface area contributed by atoms with Gasteiger partial charge in [0.15, 0.2) is 0 Å². The van der Waals surface area contributed by atoms with Crippen LogP contribution in [0.5, 0.6) is 0 Å². The van der Waals surface area contributed by atoms with Gasteiger partial charge in [-0.3, -0.25) is 4.99 Å². The molecule has 12 heavy (non-hydrogen) atoms. The fraction of sp³-hybridized carbons (Fsp3) is 0.300. The van der Waals surface area contributed by atoms with Crippen molar-refractivity contribution in [1.29, 1.82) is 0 Å². The van der Waals surface area contributed by atoms with E-state index in [0.29, 0.717) is 0 Å². The summed E-state index contributed by atoms with van der Waals surface area (Å²) in [6.07, 6.45) is 0. The second-order valence-electron chi connectivity index (χ2n) is 2.61. The Morgan fingerprint density at radius 2 is 2.00 bits per heavy atom. The highest BCUT2D eigenvalue weighted by Gasteiger charge is 1.98. The van der Waals surface area contributed by atoms with Crippen LogP contribution in [0.3, 0.4) is 0 Å². The fourth-order valence-corrected chi connectivity index (χ4v) is 1.66. The zero-order valence-corrected chi connectivity index (χ0v) is 8.48. The van der Waals surface area contributed by atoms with Crippen LogP contribution in [0.4, 0.5) is 0 Å². The number of benzene rings is 1. The molecule has 0 aliphatic heterocycles. The van der Waals surface area contributed by atoms with Crippen molar-refractivity contribution in [2.45, 2.75) is 18.7 Å². The predicted molar refractivity (Wildman–Crippen MR) is 56.1 cm³/mol. The number of rotatable bonds is 1. The van der Waals surface area contributed by atoms with Gasteiger partial charge in [0, 0.05) is 11.9 Å². The second kappa shape index (κ2) is 4.31. The number of aliphatic imine (C=N–C) groups is 1. The van der Waals surface area contributed by atoms with Crippen LogP contribution in [0.25, 0.3) is 0 Å². The first-order chi connectivity index (χ1) is 5.74. The van der Waals surface area contributed by atoms with Gasteiger partial charge in [-0.2, -0.15) is 0 Å². The smallest absolute Gasteiger partial charge is 0.0689 e. The summed E-state index contributed by atoms with van der Waals surface area (Å²) in [5.41, 5.74) is 1.31. The molecule has 0 unspecified atom stereocenters. The molecule has 0 radical (unpaired) electrons. The van der Waals surface area contributed by atoms with E-state index in [-0.39, 0.29) is 0 Å². The van der Waals surface area contributed by atoms with E-state index >= 15 is 0 Å². The molecule has 0 fully saturated rings. The summed E-state index contributed by atoms with van der Waals surface area (Å²) in [5.74, 6) is 0. The summed E-state index contributed by atoms with van der Waals surface area (Å²) in [4.78, 5) is 5.40. The van der Waals surface area contributed by atoms with Crippen molar-refractivity contribution in [2.75, 3.05) is 7.05 Å². The maximum Gasteiger partial charge on any atom is 0.0689 e. The number of aryl methyl sites for hydroxylation is 1. The third-order valence-electron chi connectivity index (χ3n) is 1.67. The molecule has 2 heteroatoms. The van der Waals surface area contributed by atoms with Crippen LogP contribution in [-0.4, -0.2) is 12.1 Å². The summed E-state index contributed by atoms with van der Waals surface area (Å²) in [6.45, 7) is 4.14. The largest absolute Gasteiger partial charge is 0.286 e. The van der Waals surface area contributed by atoms with E-state index in [0.717, 1.165) is 5.04 Å². The van der Waals surface area contributed by atoms with Crippen LogP contribution in [0.15, 0.2) is 34.2 Å². The monoisotopic (exact) mass is 179 g/mol. The molecule has 0 aliphatic carbocycles. The van der Waals surface area contributed by atoms with E-state index in [4.69, 9.17) is 0 Å². The highest BCUT2D eigenvalue weighted by atomic mass is 32.2. The number of hydrogen-bond donors (Lipinski definition) is 0. The molecule has 0 aromatic heterocycles. The van der Waals surface area contributed by atoms with Crippen LogP contribution < -0.4 is 0 Å². The first-order valence-electron chi connectivity index (χ1n) is 3.91. The Balaban J connectivity index is 2.82. The molecule has 64 valence electrons. The van der Waals surface area contributed by atoms with Gasteiger partial charge in [-0.05, 0) is 25.5 Å². The molecule has 0 saturated carbocycles. The van der Waals surface area contributed by atoms with Gasteiger partial charge in [-0.15, -0.1) is 0 Å². The maximum absolute atomic E-state index is 4.10. The zero-order chi connectivity index (χ0) is 8.97. The minimum Gasteiger partial charge on any atom is -0.286 e. The summed E-state index contributed by atoms with van der Waals surface area (Å²) in [5, 5.41) is 1.10. The van der Waals surface area contributed by atoms with Crippen molar-refractivity contribution < 1.29 is 0 Å². The lowest BCUT2D eigenvalue weighted by atomic mass is 10.2. The maximum atomic E-state index is 4.10. The SMILES string of the molecule is CN=C(C)Sc1ccccc1C. The van der Waals surface area contributed by atoms with Gasteiger partial charge < -0.3 is 0 Å². The van der Waals surface area contributed by atoms with Crippen molar-refractivity contribution in [3.05, 3.63) is 29.8 Å². The first-order valence-corrected chi connectivity index (χ1v) is 4.72. The van der Waals surface area contributed by atoms with Crippen molar-refractivity contribution in [3.63, 3.8) is 0 Å². The number of thioether (sulfide) groups is 1. The Hall–Kier alpha value is -0.760. The first kappa shape index (κ1) is 9.33. The van der Waals surface area contributed by atoms with Gasteiger partial charge in [0.1, 0.15) is 0 Å². The average molecular weight is 179 g/mol. The summed E-state index contributed by atoms with van der Waals surface area (Å²) >= 11 is 1.72. The van der Waals surface area contributed by atoms with E-state index in [1.165, 1.54) is 10.5 Å². The average Bonchev–Trinajstić information content (AvgIpc) is 2.09. The van der Waals surface area contributed by atoms with E-state index in [2.05, 4.69) is 36.2 Å². The number of hydrogen-bond acceptors (Lipinski definition) is 2. The van der Waals surface area contributed by atoms with Crippen LogP contribution in [0.1, 0.15) is 12.5 Å². The summed E-state index contributed by atoms with van der Waals surface area (Å²) in [7, 11) is 1.82. The third kappa shape index (κ3) is 2.38. The van der Waals surface area contributed by atoms with Crippen molar-refractivity contribution in [1.82, 2.24) is 0 Å². The number of nitrogens with zero attached hydrogens (tertiary/aromatic N) is 1. The molecule has 0 saturated heterocycles. The fourth-order valence-electron chi connectivity index (χ4n) is 0.876. The van der Waals surface area contributed by atoms with Gasteiger partial charge in [-0.25, -0.2) is 0 Å². The van der Waals surface area contributed by atoms with Crippen molar-refractivity contribution >= 4 is 16.8 Å². The molecular formula is C10H13NS. The van der Waals surface area contributed by atoms with E-state index in [1.54, 1.807) is 11.8 Å². The van der Waals surface area contributed by atoms with Crippen molar-refractivity contribution in [3.8, 4) is 0 Å². The molecule has 0 heterocycles. The van der Waals surface area contributed by atoms with Crippen LogP contribution in [0.2, 0.25) is 0 Å². The highest BCUT2D eigenvalue weighted by molar-refractivity contribution is 8.14. The Labute approximate surface area is 77.9 Å². The van der Waals surface area contributed by atoms with Crippen LogP contribution in [-0.2, 0) is 0 Å². The van der Waals surface area contributed by atoms with E-state index in [1.807, 2.05) is 14.0 Å². The van der Waals surface area contributed by atoms with E-state index < -0.39 is 0 Å². The molecule has 0 atom stereocenters. The molecule has 1 nitrogen and oxygen atoms in total. The Morgan fingerprint density at radius 1 is 1.33 bits per heavy atom. The van der Waals surface area contributed by atoms with Crippen LogP contribution >= 0.6 is 11.8 Å². The Bertz CT molecular complexity index is 292. The molecule has 1 aromatic carbocycles. The lowest BCUT2D eigenvalue weighted by Crippen LogP contribution is -1.85. The van der Waals surface area contributed by atoms with Gasteiger partial charge >= 0.3 is 0 Å². The molecule has 1 rings (SSSR count). The predicted octanol–water partition coefficient (Wildman–Crippen LogP) is 3.14. The minimum atomic E-state index is 1.10. The lowest BCUT2D eigenvalue weighted by Gasteiger charge is -2.02. The molecule has 1 aromatic rings. The van der Waals surface area contributed by atoms with Gasteiger partial charge in [0.2, 0.25) is 0 Å². The van der Waals surface area contributed by atoms with Gasteiger partial charge in [0.25, 0.3) is 0 Å². The second-order valence-corrected chi connectivity index (χ2v) is 3.84. The van der Waals surface area contributed by atoms with Crippen LogP contribution in [0, 0.1) is 6.92 Å². The molecular weight excluding hydrogens is 166 g/mol. The van der Waals surface area contributed by atoms with Gasteiger partial charge in [-0.1, -0.05) is 30.0 Å². The third-order valence-corrected chi connectivity index (χ3v) is 2.82. The molecule has 0 amide bonds. The van der Waals surface area contributed by atoms with E-state index in [9.17, 15) is 0 Å². The highest BCUT2D eigenvalue weighted by Crippen LogP contribution is 2.22. The Kier molecular flexibility index (Phi) is 3.35. The molecule has 0 spiro atoms.